The van der Waals surface area contributed by atoms with Gasteiger partial charge in [0.25, 0.3) is 0 Å². The van der Waals surface area contributed by atoms with Gasteiger partial charge >= 0.3 is 0 Å². The molecule has 3 N–H and O–H groups in total. The summed E-state index contributed by atoms with van der Waals surface area (Å²) in [6.07, 6.45) is 1.67. The number of hydrogen-bond donors (Lipinski definition) is 3. The first-order valence-electron chi connectivity index (χ1n) is 7.09. The zero-order valence-electron chi connectivity index (χ0n) is 11.5. The summed E-state index contributed by atoms with van der Waals surface area (Å²) in [6.45, 7) is 0. The van der Waals surface area contributed by atoms with Crippen LogP contribution in [0.5, 0.6) is 5.75 Å². The van der Waals surface area contributed by atoms with E-state index < -0.39 is 0 Å². The van der Waals surface area contributed by atoms with Crippen molar-refractivity contribution in [3.05, 3.63) is 54.7 Å². The SMILES string of the molecule is Oc1c2ccc3c4cccc4ccc3c2cc2c[nH]n(O)c12. The molecule has 0 fully saturated rings. The van der Waals surface area contributed by atoms with Gasteiger partial charge in [-0.15, -0.1) is 4.85 Å². The lowest BCUT2D eigenvalue weighted by Gasteiger charge is -2.08. The molecule has 5 aromatic rings. The molecule has 4 heteroatoms. The summed E-state index contributed by atoms with van der Waals surface area (Å²) in [6, 6.07) is 16.4. The number of benzene rings is 3. The van der Waals surface area contributed by atoms with Gasteiger partial charge in [-0.05, 0) is 39.1 Å². The molecule has 0 aliphatic rings. The summed E-state index contributed by atoms with van der Waals surface area (Å²) in [5.74, 6) is 0.0840. The Morgan fingerprint density at radius 3 is 2.45 bits per heavy atom. The number of hydrogen-bond acceptors (Lipinski definition) is 2. The van der Waals surface area contributed by atoms with Crippen molar-refractivity contribution in [1.82, 2.24) is 9.94 Å². The molecular weight excluding hydrogens is 276 g/mol. The van der Waals surface area contributed by atoms with Crippen LogP contribution < -0.4 is 0 Å². The lowest BCUT2D eigenvalue weighted by molar-refractivity contribution is 0.160. The van der Waals surface area contributed by atoms with Gasteiger partial charge in [0.1, 0.15) is 5.52 Å². The standard InChI is InChI=1S/C18H12N2O2/c21-18-15-7-6-13-12-3-1-2-10(12)4-5-14(13)16(15)8-11-9-19-20(22)17(11)18/h1-9,19,21-22H. The second-order valence-corrected chi connectivity index (χ2v) is 5.60. The van der Waals surface area contributed by atoms with Gasteiger partial charge in [0.15, 0.2) is 5.75 Å². The third-order valence-corrected chi connectivity index (χ3v) is 4.46. The second kappa shape index (κ2) is 3.74. The van der Waals surface area contributed by atoms with Gasteiger partial charge in [0, 0.05) is 17.0 Å². The van der Waals surface area contributed by atoms with Crippen molar-refractivity contribution in [2.75, 3.05) is 0 Å². The van der Waals surface area contributed by atoms with Crippen molar-refractivity contribution < 1.29 is 10.3 Å². The molecule has 0 unspecified atom stereocenters. The topological polar surface area (TPSA) is 61.2 Å². The summed E-state index contributed by atoms with van der Waals surface area (Å²) in [5.41, 5.74) is 0.390. The molecule has 0 saturated heterocycles. The highest BCUT2D eigenvalue weighted by Gasteiger charge is 2.13. The molecule has 0 bridgehead atoms. The van der Waals surface area contributed by atoms with E-state index in [1.165, 1.54) is 16.2 Å². The maximum atomic E-state index is 10.5. The summed E-state index contributed by atoms with van der Waals surface area (Å²) in [4.78, 5) is 0.842. The van der Waals surface area contributed by atoms with Crippen LogP contribution in [0.15, 0.2) is 54.7 Å². The van der Waals surface area contributed by atoms with E-state index >= 15 is 0 Å². The van der Waals surface area contributed by atoms with Crippen molar-refractivity contribution in [3.8, 4) is 5.75 Å². The van der Waals surface area contributed by atoms with E-state index in [1.54, 1.807) is 6.20 Å². The van der Waals surface area contributed by atoms with Crippen LogP contribution in [0.3, 0.4) is 0 Å². The number of H-pyrrole nitrogens is 1. The van der Waals surface area contributed by atoms with Crippen molar-refractivity contribution in [1.29, 1.82) is 0 Å². The number of rotatable bonds is 0. The van der Waals surface area contributed by atoms with E-state index in [1.807, 2.05) is 18.2 Å². The fourth-order valence-electron chi connectivity index (χ4n) is 3.43. The number of nitrogens with zero attached hydrogens (tertiary/aromatic N) is 1. The Bertz CT molecular complexity index is 1200. The quantitative estimate of drug-likeness (QED) is 0.292. The minimum absolute atomic E-state index is 0.0840. The van der Waals surface area contributed by atoms with Gasteiger partial charge in [-0.1, -0.05) is 36.4 Å². The van der Waals surface area contributed by atoms with Crippen molar-refractivity contribution in [2.24, 2.45) is 0 Å². The van der Waals surface area contributed by atoms with Crippen LogP contribution in [0.1, 0.15) is 0 Å². The minimum atomic E-state index is 0.0840. The molecule has 0 spiro atoms. The number of nitrogens with one attached hydrogen (secondary N) is 1. The Balaban J connectivity index is 2.08. The van der Waals surface area contributed by atoms with Crippen LogP contribution in [-0.4, -0.2) is 20.3 Å². The fraction of sp³-hybridized carbons (Fsp3) is 0. The molecule has 0 aliphatic carbocycles. The monoisotopic (exact) mass is 288 g/mol. The van der Waals surface area contributed by atoms with Crippen LogP contribution in [-0.2, 0) is 0 Å². The van der Waals surface area contributed by atoms with Crippen molar-refractivity contribution in [3.63, 3.8) is 0 Å². The average Bonchev–Trinajstić information content (AvgIpc) is 3.14. The maximum Gasteiger partial charge on any atom is 0.152 e. The zero-order valence-corrected chi connectivity index (χ0v) is 11.5. The molecule has 0 saturated carbocycles. The van der Waals surface area contributed by atoms with Gasteiger partial charge in [-0.2, -0.15) is 0 Å². The van der Waals surface area contributed by atoms with Gasteiger partial charge in [-0.3, -0.25) is 5.10 Å². The number of aromatic nitrogens is 2. The average molecular weight is 288 g/mol. The van der Waals surface area contributed by atoms with Crippen molar-refractivity contribution >= 4 is 43.2 Å². The Morgan fingerprint density at radius 1 is 0.773 bits per heavy atom. The number of phenolic OH excluding ortho intramolecular Hbond substituents is 1. The summed E-state index contributed by atoms with van der Waals surface area (Å²) >= 11 is 0. The molecule has 0 amide bonds. The zero-order chi connectivity index (χ0) is 14.8. The molecule has 0 atom stereocenters. The molecule has 22 heavy (non-hydrogen) atoms. The highest BCUT2D eigenvalue weighted by Crippen LogP contribution is 2.38. The number of aromatic hydroxyl groups is 1. The third kappa shape index (κ3) is 1.27. The van der Waals surface area contributed by atoms with E-state index in [0.29, 0.717) is 5.52 Å². The molecule has 4 aromatic carbocycles. The van der Waals surface area contributed by atoms with Crippen LogP contribution >= 0.6 is 0 Å². The first-order chi connectivity index (χ1) is 10.7. The summed E-state index contributed by atoms with van der Waals surface area (Å²) in [5, 5.41) is 30.1. The van der Waals surface area contributed by atoms with E-state index in [2.05, 4.69) is 35.4 Å². The number of fused-ring (bicyclic) bond motifs is 6. The number of aromatic amines is 1. The van der Waals surface area contributed by atoms with E-state index in [9.17, 15) is 10.3 Å². The molecule has 106 valence electrons. The molecule has 4 nitrogen and oxygen atoms in total. The largest absolute Gasteiger partial charge is 0.505 e. The maximum absolute atomic E-state index is 10.5. The van der Waals surface area contributed by atoms with Gasteiger partial charge in [0.2, 0.25) is 0 Å². The second-order valence-electron chi connectivity index (χ2n) is 5.60. The van der Waals surface area contributed by atoms with E-state index in [4.69, 9.17) is 0 Å². The highest BCUT2D eigenvalue weighted by molar-refractivity contribution is 6.20. The van der Waals surface area contributed by atoms with E-state index in [-0.39, 0.29) is 5.75 Å². The Kier molecular flexibility index (Phi) is 1.96. The number of phenols is 1. The normalized spacial score (nSPS) is 12.0. The first kappa shape index (κ1) is 11.5. The highest BCUT2D eigenvalue weighted by atomic mass is 16.5. The Labute approximate surface area is 124 Å². The van der Waals surface area contributed by atoms with Crippen LogP contribution in [0.4, 0.5) is 0 Å². The lowest BCUT2D eigenvalue weighted by atomic mass is 9.97. The first-order valence-corrected chi connectivity index (χ1v) is 7.09. The predicted molar refractivity (Wildman–Crippen MR) is 87.7 cm³/mol. The smallest absolute Gasteiger partial charge is 0.152 e. The minimum Gasteiger partial charge on any atom is -0.505 e. The molecule has 0 aliphatic heterocycles. The Hall–Kier alpha value is -3.14. The van der Waals surface area contributed by atoms with Gasteiger partial charge in [0.05, 0.1) is 0 Å². The van der Waals surface area contributed by atoms with Crippen LogP contribution in [0.2, 0.25) is 0 Å². The Morgan fingerprint density at radius 2 is 1.55 bits per heavy atom. The van der Waals surface area contributed by atoms with Gasteiger partial charge < -0.3 is 10.3 Å². The van der Waals surface area contributed by atoms with Crippen molar-refractivity contribution in [2.45, 2.75) is 0 Å². The molecule has 1 aromatic heterocycles. The van der Waals surface area contributed by atoms with Crippen LogP contribution in [0.25, 0.3) is 43.2 Å². The third-order valence-electron chi connectivity index (χ3n) is 4.46. The lowest BCUT2D eigenvalue weighted by Crippen LogP contribution is -1.91. The fourth-order valence-corrected chi connectivity index (χ4v) is 3.43. The predicted octanol–water partition coefficient (Wildman–Crippen LogP) is 4.37. The van der Waals surface area contributed by atoms with Gasteiger partial charge in [-0.25, -0.2) is 0 Å². The summed E-state index contributed by atoms with van der Waals surface area (Å²) in [7, 11) is 0. The molecule has 5 rings (SSSR count). The molecule has 0 radical (unpaired) electrons. The molecule has 1 heterocycles. The summed E-state index contributed by atoms with van der Waals surface area (Å²) < 4.78 is 0. The van der Waals surface area contributed by atoms with Crippen LogP contribution in [0, 0.1) is 0 Å². The van der Waals surface area contributed by atoms with E-state index in [0.717, 1.165) is 26.4 Å². The molecular formula is C18H12N2O2.